The molecule has 16 heavy (non-hydrogen) atoms. The van der Waals surface area contributed by atoms with Crippen molar-refractivity contribution in [1.82, 2.24) is 0 Å². The second kappa shape index (κ2) is 7.27. The van der Waals surface area contributed by atoms with Gasteiger partial charge in [-0.1, -0.05) is 70.0 Å². The Labute approximate surface area is 100 Å². The summed E-state index contributed by atoms with van der Waals surface area (Å²) in [6.45, 7) is 6.71. The number of hydrogen-bond donors (Lipinski definition) is 0. The van der Waals surface area contributed by atoms with Gasteiger partial charge in [0, 0.05) is 0 Å². The highest BCUT2D eigenvalue weighted by molar-refractivity contribution is 5.49. The maximum absolute atomic E-state index is 2.29. The third-order valence-electron chi connectivity index (χ3n) is 2.89. The minimum absolute atomic E-state index is 0.627. The molecule has 0 atom stereocenters. The van der Waals surface area contributed by atoms with Crippen molar-refractivity contribution >= 4 is 6.08 Å². The van der Waals surface area contributed by atoms with Crippen LogP contribution in [0.25, 0.3) is 6.08 Å². The topological polar surface area (TPSA) is 0 Å². The molecule has 1 rings (SSSR count). The van der Waals surface area contributed by atoms with Crippen LogP contribution in [0.1, 0.15) is 63.5 Å². The second-order valence-corrected chi connectivity index (χ2v) is 4.72. The summed E-state index contributed by atoms with van der Waals surface area (Å²) in [5.74, 6) is 0.627. The fraction of sp³-hybridized carbons (Fsp3) is 0.500. The lowest BCUT2D eigenvalue weighted by atomic mass is 10.0. The second-order valence-electron chi connectivity index (χ2n) is 4.72. The summed E-state index contributed by atoms with van der Waals surface area (Å²) in [5, 5.41) is 0. The van der Waals surface area contributed by atoms with Crippen LogP contribution in [0.3, 0.4) is 0 Å². The number of allylic oxidation sites excluding steroid dienone is 1. The van der Waals surface area contributed by atoms with E-state index in [-0.39, 0.29) is 0 Å². The number of hydrogen-bond acceptors (Lipinski definition) is 0. The highest BCUT2D eigenvalue weighted by Crippen LogP contribution is 2.15. The lowest BCUT2D eigenvalue weighted by Crippen LogP contribution is -1.85. The van der Waals surface area contributed by atoms with Crippen LogP contribution in [0.2, 0.25) is 0 Å². The van der Waals surface area contributed by atoms with Gasteiger partial charge in [-0.3, -0.25) is 0 Å². The minimum atomic E-state index is 0.627. The van der Waals surface area contributed by atoms with E-state index in [1.54, 1.807) is 0 Å². The molecule has 0 N–H and O–H groups in total. The Bertz CT molecular complexity index is 303. The van der Waals surface area contributed by atoms with Crippen LogP contribution in [0, 0.1) is 0 Å². The third kappa shape index (κ3) is 4.65. The molecule has 0 heteroatoms. The molecule has 0 aliphatic heterocycles. The van der Waals surface area contributed by atoms with E-state index in [2.05, 4.69) is 57.2 Å². The average molecular weight is 216 g/mol. The molecule has 0 saturated carbocycles. The minimum Gasteiger partial charge on any atom is -0.0839 e. The van der Waals surface area contributed by atoms with Crippen molar-refractivity contribution in [1.29, 1.82) is 0 Å². The predicted octanol–water partition coefficient (Wildman–Crippen LogP) is 5.40. The summed E-state index contributed by atoms with van der Waals surface area (Å²) in [4.78, 5) is 0. The Balaban J connectivity index is 2.42. The highest BCUT2D eigenvalue weighted by atomic mass is 14.0. The van der Waals surface area contributed by atoms with Crippen molar-refractivity contribution in [3.05, 3.63) is 41.5 Å². The van der Waals surface area contributed by atoms with Crippen LogP contribution in [0.4, 0.5) is 0 Å². The SMILES string of the molecule is CCCCCC=Cc1ccc(C(C)C)cc1. The first-order chi connectivity index (χ1) is 7.74. The molecule has 0 aromatic heterocycles. The molecule has 0 fully saturated rings. The van der Waals surface area contributed by atoms with Crippen molar-refractivity contribution in [3.8, 4) is 0 Å². The fourth-order valence-corrected chi connectivity index (χ4v) is 1.72. The summed E-state index contributed by atoms with van der Waals surface area (Å²) in [6.07, 6.45) is 9.70. The Morgan fingerprint density at radius 3 is 2.31 bits per heavy atom. The zero-order valence-corrected chi connectivity index (χ0v) is 10.9. The predicted molar refractivity (Wildman–Crippen MR) is 73.7 cm³/mol. The molecule has 0 aliphatic rings. The normalized spacial score (nSPS) is 11.5. The first-order valence-corrected chi connectivity index (χ1v) is 6.50. The maximum atomic E-state index is 2.29. The molecule has 0 amide bonds. The van der Waals surface area contributed by atoms with Gasteiger partial charge in [0.05, 0.1) is 0 Å². The van der Waals surface area contributed by atoms with E-state index in [0.29, 0.717) is 5.92 Å². The van der Waals surface area contributed by atoms with Gasteiger partial charge in [0.25, 0.3) is 0 Å². The number of benzene rings is 1. The highest BCUT2D eigenvalue weighted by Gasteiger charge is 1.96. The molecule has 0 nitrogen and oxygen atoms in total. The van der Waals surface area contributed by atoms with Crippen LogP contribution in [0.5, 0.6) is 0 Å². The van der Waals surface area contributed by atoms with Crippen molar-refractivity contribution in [2.24, 2.45) is 0 Å². The lowest BCUT2D eigenvalue weighted by molar-refractivity contribution is 0.730. The van der Waals surface area contributed by atoms with E-state index in [0.717, 1.165) is 0 Å². The van der Waals surface area contributed by atoms with E-state index in [1.165, 1.54) is 36.8 Å². The van der Waals surface area contributed by atoms with Crippen LogP contribution in [-0.2, 0) is 0 Å². The Morgan fingerprint density at radius 2 is 1.75 bits per heavy atom. The van der Waals surface area contributed by atoms with E-state index in [1.807, 2.05) is 0 Å². The summed E-state index contributed by atoms with van der Waals surface area (Å²) >= 11 is 0. The van der Waals surface area contributed by atoms with Crippen LogP contribution >= 0.6 is 0 Å². The standard InChI is InChI=1S/C16H24/c1-4-5-6-7-8-9-15-10-12-16(13-11-15)14(2)3/h8-14H,4-7H2,1-3H3. The molecule has 88 valence electrons. The maximum Gasteiger partial charge on any atom is -0.0219 e. The van der Waals surface area contributed by atoms with Crippen molar-refractivity contribution in [2.75, 3.05) is 0 Å². The van der Waals surface area contributed by atoms with Gasteiger partial charge in [0.15, 0.2) is 0 Å². The Kier molecular flexibility index (Phi) is 5.92. The molecule has 0 unspecified atom stereocenters. The molecular weight excluding hydrogens is 192 g/mol. The molecule has 0 spiro atoms. The van der Waals surface area contributed by atoms with E-state index >= 15 is 0 Å². The van der Waals surface area contributed by atoms with Gasteiger partial charge in [-0.05, 0) is 29.9 Å². The summed E-state index contributed by atoms with van der Waals surface area (Å²) < 4.78 is 0. The van der Waals surface area contributed by atoms with Gasteiger partial charge in [-0.25, -0.2) is 0 Å². The molecule has 1 aromatic carbocycles. The first-order valence-electron chi connectivity index (χ1n) is 6.50. The quantitative estimate of drug-likeness (QED) is 0.558. The van der Waals surface area contributed by atoms with Gasteiger partial charge >= 0.3 is 0 Å². The monoisotopic (exact) mass is 216 g/mol. The van der Waals surface area contributed by atoms with Crippen LogP contribution in [-0.4, -0.2) is 0 Å². The average Bonchev–Trinajstić information content (AvgIpc) is 2.29. The number of unbranched alkanes of at least 4 members (excludes halogenated alkanes) is 3. The molecule has 0 bridgehead atoms. The van der Waals surface area contributed by atoms with Crippen LogP contribution in [0.15, 0.2) is 30.3 Å². The van der Waals surface area contributed by atoms with Crippen molar-refractivity contribution < 1.29 is 0 Å². The fourth-order valence-electron chi connectivity index (χ4n) is 1.72. The van der Waals surface area contributed by atoms with Crippen molar-refractivity contribution in [3.63, 3.8) is 0 Å². The lowest BCUT2D eigenvalue weighted by Gasteiger charge is -2.04. The number of rotatable bonds is 6. The molecule has 0 radical (unpaired) electrons. The van der Waals surface area contributed by atoms with Crippen LogP contribution < -0.4 is 0 Å². The van der Waals surface area contributed by atoms with E-state index < -0.39 is 0 Å². The first kappa shape index (κ1) is 13.0. The molecule has 1 aromatic rings. The van der Waals surface area contributed by atoms with Gasteiger partial charge in [-0.2, -0.15) is 0 Å². The molecule has 0 heterocycles. The van der Waals surface area contributed by atoms with Gasteiger partial charge in [-0.15, -0.1) is 0 Å². The largest absolute Gasteiger partial charge is 0.0839 e. The molecule has 0 aliphatic carbocycles. The summed E-state index contributed by atoms with van der Waals surface area (Å²) in [6, 6.07) is 8.89. The summed E-state index contributed by atoms with van der Waals surface area (Å²) in [7, 11) is 0. The zero-order valence-electron chi connectivity index (χ0n) is 10.9. The van der Waals surface area contributed by atoms with Gasteiger partial charge in [0.2, 0.25) is 0 Å². The Morgan fingerprint density at radius 1 is 1.06 bits per heavy atom. The van der Waals surface area contributed by atoms with E-state index in [9.17, 15) is 0 Å². The van der Waals surface area contributed by atoms with Gasteiger partial charge < -0.3 is 0 Å². The van der Waals surface area contributed by atoms with Crippen molar-refractivity contribution in [2.45, 2.75) is 52.4 Å². The third-order valence-corrected chi connectivity index (χ3v) is 2.89. The molecular formula is C16H24. The van der Waals surface area contributed by atoms with Gasteiger partial charge in [0.1, 0.15) is 0 Å². The Hall–Kier alpha value is -1.04. The summed E-state index contributed by atoms with van der Waals surface area (Å²) in [5.41, 5.74) is 2.74. The molecule has 0 saturated heterocycles. The smallest absolute Gasteiger partial charge is 0.0219 e. The van der Waals surface area contributed by atoms with E-state index in [4.69, 9.17) is 0 Å². The zero-order chi connectivity index (χ0) is 11.8.